The molecule has 7 heteroatoms. The zero-order valence-electron chi connectivity index (χ0n) is 15.7. The molecule has 0 radical (unpaired) electrons. The molecular formula is C19H24N2O5. The number of ether oxygens (including phenoxy) is 3. The Balaban J connectivity index is 2.24. The van der Waals surface area contributed by atoms with E-state index in [0.29, 0.717) is 40.4 Å². The summed E-state index contributed by atoms with van der Waals surface area (Å²) in [5, 5.41) is 2.85. The largest absolute Gasteiger partial charge is 0.493 e. The molecule has 1 aromatic carbocycles. The molecule has 140 valence electrons. The lowest BCUT2D eigenvalue weighted by atomic mass is 10.1. The van der Waals surface area contributed by atoms with Crippen LogP contribution in [0.15, 0.2) is 18.2 Å². The second kappa shape index (κ2) is 8.42. The van der Waals surface area contributed by atoms with Gasteiger partial charge in [0, 0.05) is 17.8 Å². The number of benzene rings is 1. The number of amides is 1. The minimum absolute atomic E-state index is 0.257. The van der Waals surface area contributed by atoms with Crippen LogP contribution in [-0.2, 0) is 17.7 Å². The number of para-hydroxylation sites is 1. The molecule has 7 nitrogen and oxygen atoms in total. The van der Waals surface area contributed by atoms with Crippen molar-refractivity contribution in [1.82, 2.24) is 10.3 Å². The van der Waals surface area contributed by atoms with Gasteiger partial charge in [-0.3, -0.25) is 4.79 Å². The van der Waals surface area contributed by atoms with Gasteiger partial charge < -0.3 is 24.5 Å². The standard InChI is InChI=1S/C19H24N2O5/c1-6-13-15(19(23)26-5)11(2)16(21-13)18(22)20-10-12-8-7-9-14(24-3)17(12)25-4/h7-9,21H,6,10H2,1-5H3,(H,20,22). The van der Waals surface area contributed by atoms with Crippen LogP contribution in [0.2, 0.25) is 0 Å². The number of carbonyl (C=O) groups is 2. The summed E-state index contributed by atoms with van der Waals surface area (Å²) in [6, 6.07) is 5.46. The van der Waals surface area contributed by atoms with Crippen molar-refractivity contribution in [3.8, 4) is 11.5 Å². The van der Waals surface area contributed by atoms with E-state index in [-0.39, 0.29) is 12.5 Å². The molecular weight excluding hydrogens is 336 g/mol. The Morgan fingerprint density at radius 3 is 2.46 bits per heavy atom. The third-order valence-electron chi connectivity index (χ3n) is 4.22. The highest BCUT2D eigenvalue weighted by Crippen LogP contribution is 2.30. The maximum absolute atomic E-state index is 12.6. The van der Waals surface area contributed by atoms with E-state index in [1.54, 1.807) is 27.2 Å². The van der Waals surface area contributed by atoms with Crippen molar-refractivity contribution in [2.75, 3.05) is 21.3 Å². The van der Waals surface area contributed by atoms with Gasteiger partial charge >= 0.3 is 5.97 Å². The zero-order chi connectivity index (χ0) is 19.3. The SMILES string of the molecule is CCc1[nH]c(C(=O)NCc2cccc(OC)c2OC)c(C)c1C(=O)OC. The quantitative estimate of drug-likeness (QED) is 0.741. The Labute approximate surface area is 152 Å². The van der Waals surface area contributed by atoms with E-state index in [4.69, 9.17) is 14.2 Å². The zero-order valence-corrected chi connectivity index (χ0v) is 15.7. The fourth-order valence-corrected chi connectivity index (χ4v) is 2.89. The van der Waals surface area contributed by atoms with Crippen LogP contribution in [0.5, 0.6) is 11.5 Å². The Bertz CT molecular complexity index is 811. The number of aromatic amines is 1. The van der Waals surface area contributed by atoms with Gasteiger partial charge in [-0.15, -0.1) is 0 Å². The van der Waals surface area contributed by atoms with E-state index in [1.165, 1.54) is 7.11 Å². The number of methoxy groups -OCH3 is 3. The molecule has 2 rings (SSSR count). The van der Waals surface area contributed by atoms with E-state index >= 15 is 0 Å². The first-order valence-corrected chi connectivity index (χ1v) is 8.26. The number of rotatable bonds is 7. The van der Waals surface area contributed by atoms with Crippen LogP contribution < -0.4 is 14.8 Å². The van der Waals surface area contributed by atoms with Crippen LogP contribution in [0.4, 0.5) is 0 Å². The lowest BCUT2D eigenvalue weighted by molar-refractivity contribution is 0.0599. The number of hydrogen-bond donors (Lipinski definition) is 2. The minimum Gasteiger partial charge on any atom is -0.493 e. The van der Waals surface area contributed by atoms with E-state index in [1.807, 2.05) is 19.1 Å². The fraction of sp³-hybridized carbons (Fsp3) is 0.368. The topological polar surface area (TPSA) is 89.7 Å². The maximum atomic E-state index is 12.6. The molecule has 0 fully saturated rings. The van der Waals surface area contributed by atoms with Crippen LogP contribution in [-0.4, -0.2) is 38.2 Å². The molecule has 0 unspecified atom stereocenters. The molecule has 2 N–H and O–H groups in total. The normalized spacial score (nSPS) is 10.3. The van der Waals surface area contributed by atoms with Gasteiger partial charge in [-0.05, 0) is 25.0 Å². The first-order chi connectivity index (χ1) is 12.5. The van der Waals surface area contributed by atoms with Gasteiger partial charge in [-0.1, -0.05) is 19.1 Å². The Morgan fingerprint density at radius 2 is 1.88 bits per heavy atom. The second-order valence-corrected chi connectivity index (χ2v) is 5.66. The predicted molar refractivity (Wildman–Crippen MR) is 97.0 cm³/mol. The highest BCUT2D eigenvalue weighted by molar-refractivity contribution is 6.00. The van der Waals surface area contributed by atoms with Crippen LogP contribution in [0, 0.1) is 6.92 Å². The smallest absolute Gasteiger partial charge is 0.339 e. The van der Waals surface area contributed by atoms with Crippen molar-refractivity contribution < 1.29 is 23.8 Å². The number of nitrogens with one attached hydrogen (secondary N) is 2. The highest BCUT2D eigenvalue weighted by atomic mass is 16.5. The summed E-state index contributed by atoms with van der Waals surface area (Å²) in [4.78, 5) is 27.6. The maximum Gasteiger partial charge on any atom is 0.339 e. The lowest BCUT2D eigenvalue weighted by Gasteiger charge is -2.13. The van der Waals surface area contributed by atoms with Crippen molar-refractivity contribution in [3.63, 3.8) is 0 Å². The molecule has 0 saturated carbocycles. The fourth-order valence-electron chi connectivity index (χ4n) is 2.89. The summed E-state index contributed by atoms with van der Waals surface area (Å²) >= 11 is 0. The number of aryl methyl sites for hydroxylation is 1. The Hall–Kier alpha value is -2.96. The van der Waals surface area contributed by atoms with Crippen molar-refractivity contribution >= 4 is 11.9 Å². The Morgan fingerprint density at radius 1 is 1.15 bits per heavy atom. The van der Waals surface area contributed by atoms with E-state index < -0.39 is 5.97 Å². The molecule has 1 heterocycles. The van der Waals surface area contributed by atoms with Crippen LogP contribution in [0.3, 0.4) is 0 Å². The summed E-state index contributed by atoms with van der Waals surface area (Å²) in [5.74, 6) is 0.404. The van der Waals surface area contributed by atoms with E-state index in [9.17, 15) is 9.59 Å². The number of H-pyrrole nitrogens is 1. The van der Waals surface area contributed by atoms with Gasteiger partial charge in [0.05, 0.1) is 26.9 Å². The lowest BCUT2D eigenvalue weighted by Crippen LogP contribution is -2.24. The van der Waals surface area contributed by atoms with Gasteiger partial charge in [-0.25, -0.2) is 4.79 Å². The molecule has 0 saturated heterocycles. The number of esters is 1. The summed E-state index contributed by atoms with van der Waals surface area (Å²) in [6.45, 7) is 3.89. The molecule has 26 heavy (non-hydrogen) atoms. The van der Waals surface area contributed by atoms with Crippen LogP contribution in [0.1, 0.15) is 44.6 Å². The first kappa shape index (κ1) is 19.4. The van der Waals surface area contributed by atoms with Crippen molar-refractivity contribution in [1.29, 1.82) is 0 Å². The summed E-state index contributed by atoms with van der Waals surface area (Å²) < 4.78 is 15.5. The summed E-state index contributed by atoms with van der Waals surface area (Å²) in [5.41, 5.74) is 2.80. The molecule has 0 aliphatic heterocycles. The Kier molecular flexibility index (Phi) is 6.27. The van der Waals surface area contributed by atoms with Gasteiger partial charge in [0.1, 0.15) is 5.69 Å². The molecule has 1 aromatic heterocycles. The van der Waals surface area contributed by atoms with Crippen molar-refractivity contribution in [3.05, 3.63) is 46.3 Å². The molecule has 1 amide bonds. The average Bonchev–Trinajstić information content (AvgIpc) is 3.01. The predicted octanol–water partition coefficient (Wildman–Crippen LogP) is 2.62. The van der Waals surface area contributed by atoms with Gasteiger partial charge in [-0.2, -0.15) is 0 Å². The van der Waals surface area contributed by atoms with Crippen LogP contribution in [0.25, 0.3) is 0 Å². The number of carbonyl (C=O) groups excluding carboxylic acids is 2. The van der Waals surface area contributed by atoms with Crippen molar-refractivity contribution in [2.45, 2.75) is 26.8 Å². The van der Waals surface area contributed by atoms with Crippen LogP contribution >= 0.6 is 0 Å². The third-order valence-corrected chi connectivity index (χ3v) is 4.22. The number of aromatic nitrogens is 1. The van der Waals surface area contributed by atoms with Gasteiger partial charge in [0.15, 0.2) is 11.5 Å². The van der Waals surface area contributed by atoms with Crippen molar-refractivity contribution in [2.24, 2.45) is 0 Å². The van der Waals surface area contributed by atoms with E-state index in [0.717, 1.165) is 5.56 Å². The average molecular weight is 360 g/mol. The third kappa shape index (κ3) is 3.66. The van der Waals surface area contributed by atoms with E-state index in [2.05, 4.69) is 10.3 Å². The molecule has 0 bridgehead atoms. The monoisotopic (exact) mass is 360 g/mol. The van der Waals surface area contributed by atoms with Gasteiger partial charge in [0.2, 0.25) is 0 Å². The minimum atomic E-state index is -0.455. The molecule has 2 aromatic rings. The first-order valence-electron chi connectivity index (χ1n) is 8.26. The molecule has 0 atom stereocenters. The summed E-state index contributed by atoms with van der Waals surface area (Å²) in [7, 11) is 4.43. The molecule has 0 aliphatic rings. The highest BCUT2D eigenvalue weighted by Gasteiger charge is 2.23. The van der Waals surface area contributed by atoms with Gasteiger partial charge in [0.25, 0.3) is 5.91 Å². The molecule has 0 aliphatic carbocycles. The second-order valence-electron chi connectivity index (χ2n) is 5.66. The summed E-state index contributed by atoms with van der Waals surface area (Å²) in [6.07, 6.45) is 0.586. The number of hydrogen-bond acceptors (Lipinski definition) is 5. The molecule has 0 spiro atoms.